The Hall–Kier alpha value is -4.44. The normalized spacial score (nSPS) is 12.9. The lowest BCUT2D eigenvalue weighted by Gasteiger charge is -2.39. The van der Waals surface area contributed by atoms with Gasteiger partial charge in [0.2, 0.25) is 11.8 Å². The number of hydrogen-bond donors (Lipinski definition) is 4. The summed E-state index contributed by atoms with van der Waals surface area (Å²) in [5.41, 5.74) is 1.82. The van der Waals surface area contributed by atoms with Gasteiger partial charge < -0.3 is 25.6 Å². The quantitative estimate of drug-likeness (QED) is 0.0624. The van der Waals surface area contributed by atoms with Crippen molar-refractivity contribution in [3.8, 4) is 0 Å². The standard InChI is InChI=1S/C41H48N2O6S/c1-40(2,30-49-41(33-17-9-4-10-18-33,34-19-11-5-12-20-34)35-21-13-6-14-22-35)38(47)39(48)43-25-23-36(44)42-26-28-50-27-24-32(29-37(45)46)31-15-7-3-8-16-31/h3-22,32,38,47H,23-30H2,1-2H3,(H,42,44)(H,43,48)(H,45,46). The van der Waals surface area contributed by atoms with E-state index in [9.17, 15) is 24.6 Å². The molecule has 2 unspecified atom stereocenters. The molecule has 0 heterocycles. The number of ether oxygens (including phenoxy) is 1. The van der Waals surface area contributed by atoms with Crippen LogP contribution in [-0.4, -0.2) is 65.3 Å². The van der Waals surface area contributed by atoms with Crippen molar-refractivity contribution in [1.29, 1.82) is 0 Å². The van der Waals surface area contributed by atoms with Crippen molar-refractivity contribution in [2.75, 3.05) is 31.2 Å². The van der Waals surface area contributed by atoms with Crippen LogP contribution in [0.5, 0.6) is 0 Å². The van der Waals surface area contributed by atoms with E-state index in [4.69, 9.17) is 4.74 Å². The molecule has 0 spiro atoms. The molecular formula is C41H48N2O6S. The molecule has 4 aromatic rings. The molecule has 0 bridgehead atoms. The molecule has 0 aliphatic carbocycles. The summed E-state index contributed by atoms with van der Waals surface area (Å²) in [5, 5.41) is 26.0. The van der Waals surface area contributed by atoms with E-state index >= 15 is 0 Å². The van der Waals surface area contributed by atoms with Gasteiger partial charge in [-0.2, -0.15) is 11.8 Å². The van der Waals surface area contributed by atoms with Gasteiger partial charge in [0.25, 0.3) is 0 Å². The van der Waals surface area contributed by atoms with Crippen LogP contribution in [-0.2, 0) is 24.7 Å². The van der Waals surface area contributed by atoms with Crippen LogP contribution in [0.25, 0.3) is 0 Å². The molecule has 0 aromatic heterocycles. The van der Waals surface area contributed by atoms with Crippen LogP contribution in [0.15, 0.2) is 121 Å². The van der Waals surface area contributed by atoms with E-state index in [1.807, 2.05) is 121 Å². The van der Waals surface area contributed by atoms with Gasteiger partial charge in [0, 0.05) is 30.7 Å². The first-order valence-electron chi connectivity index (χ1n) is 17.0. The van der Waals surface area contributed by atoms with Gasteiger partial charge in [-0.05, 0) is 40.3 Å². The highest BCUT2D eigenvalue weighted by atomic mass is 32.2. The Kier molecular flexibility index (Phi) is 14.6. The highest BCUT2D eigenvalue weighted by molar-refractivity contribution is 7.99. The van der Waals surface area contributed by atoms with Crippen molar-refractivity contribution in [1.82, 2.24) is 10.6 Å². The Morgan fingerprint density at radius 3 is 1.72 bits per heavy atom. The zero-order valence-electron chi connectivity index (χ0n) is 28.8. The fourth-order valence-electron chi connectivity index (χ4n) is 5.89. The van der Waals surface area contributed by atoms with Gasteiger partial charge in [0.15, 0.2) is 0 Å². The molecule has 0 radical (unpaired) electrons. The molecule has 0 fully saturated rings. The fourth-order valence-corrected chi connectivity index (χ4v) is 6.80. The number of aliphatic hydroxyl groups excluding tert-OH is 1. The van der Waals surface area contributed by atoms with Crippen molar-refractivity contribution >= 4 is 29.5 Å². The van der Waals surface area contributed by atoms with E-state index in [1.165, 1.54) is 0 Å². The van der Waals surface area contributed by atoms with E-state index < -0.39 is 29.0 Å². The summed E-state index contributed by atoms with van der Waals surface area (Å²) < 4.78 is 6.86. The maximum absolute atomic E-state index is 13.1. The third kappa shape index (κ3) is 10.8. The van der Waals surface area contributed by atoms with Crippen LogP contribution in [0.1, 0.15) is 61.3 Å². The molecule has 0 saturated carbocycles. The molecule has 0 aliphatic heterocycles. The first-order valence-corrected chi connectivity index (χ1v) is 18.2. The minimum atomic E-state index is -1.39. The zero-order chi connectivity index (χ0) is 35.8. The molecule has 2 amide bonds. The van der Waals surface area contributed by atoms with Gasteiger partial charge in [0.05, 0.1) is 13.0 Å². The average Bonchev–Trinajstić information content (AvgIpc) is 3.14. The minimum absolute atomic E-state index is 0.0505. The number of benzene rings is 4. The molecule has 50 heavy (non-hydrogen) atoms. The van der Waals surface area contributed by atoms with E-state index in [0.717, 1.165) is 34.4 Å². The summed E-state index contributed by atoms with van der Waals surface area (Å²) in [6.07, 6.45) is -0.491. The number of hydrogen-bond acceptors (Lipinski definition) is 6. The molecule has 0 aliphatic rings. The zero-order valence-corrected chi connectivity index (χ0v) is 29.6. The van der Waals surface area contributed by atoms with E-state index in [2.05, 4.69) is 10.6 Å². The third-order valence-corrected chi connectivity index (χ3v) is 9.73. The summed E-state index contributed by atoms with van der Waals surface area (Å²) in [6.45, 7) is 4.18. The number of nitrogens with one attached hydrogen (secondary N) is 2. The first-order chi connectivity index (χ1) is 24.1. The Bertz CT molecular complexity index is 1520. The van der Waals surface area contributed by atoms with Gasteiger partial charge in [-0.15, -0.1) is 0 Å². The second-order valence-corrected chi connectivity index (χ2v) is 14.2. The Morgan fingerprint density at radius 1 is 0.720 bits per heavy atom. The molecule has 9 heteroatoms. The van der Waals surface area contributed by atoms with Crippen LogP contribution in [0.4, 0.5) is 0 Å². The predicted octanol–water partition coefficient (Wildman–Crippen LogP) is 6.39. The summed E-state index contributed by atoms with van der Waals surface area (Å²) in [6, 6.07) is 39.4. The number of carbonyl (C=O) groups excluding carboxylic acids is 2. The van der Waals surface area contributed by atoms with Gasteiger partial charge in [0.1, 0.15) is 11.7 Å². The van der Waals surface area contributed by atoms with E-state index in [-0.39, 0.29) is 37.8 Å². The van der Waals surface area contributed by atoms with Gasteiger partial charge in [-0.1, -0.05) is 135 Å². The fraction of sp³-hybridized carbons (Fsp3) is 0.341. The maximum Gasteiger partial charge on any atom is 0.303 e. The number of thioether (sulfide) groups is 1. The monoisotopic (exact) mass is 696 g/mol. The van der Waals surface area contributed by atoms with E-state index in [1.54, 1.807) is 25.6 Å². The molecule has 2 atom stereocenters. The lowest BCUT2D eigenvalue weighted by atomic mass is 9.79. The van der Waals surface area contributed by atoms with Crippen molar-refractivity contribution in [3.63, 3.8) is 0 Å². The highest BCUT2D eigenvalue weighted by Crippen LogP contribution is 2.42. The third-order valence-electron chi connectivity index (χ3n) is 8.71. The minimum Gasteiger partial charge on any atom is -0.481 e. The maximum atomic E-state index is 13.1. The van der Waals surface area contributed by atoms with Crippen LogP contribution in [0.3, 0.4) is 0 Å². The Labute approximate surface area is 299 Å². The number of carboxylic acid groups (broad SMARTS) is 1. The van der Waals surface area contributed by atoms with Crippen LogP contribution >= 0.6 is 11.8 Å². The highest BCUT2D eigenvalue weighted by Gasteiger charge is 2.42. The predicted molar refractivity (Wildman–Crippen MR) is 199 cm³/mol. The topological polar surface area (TPSA) is 125 Å². The number of aliphatic hydroxyl groups is 1. The summed E-state index contributed by atoms with van der Waals surface area (Å²) in [5.74, 6) is -0.167. The van der Waals surface area contributed by atoms with Crippen LogP contribution in [0.2, 0.25) is 0 Å². The summed E-state index contributed by atoms with van der Waals surface area (Å²) in [4.78, 5) is 36.8. The summed E-state index contributed by atoms with van der Waals surface area (Å²) in [7, 11) is 0. The number of aliphatic carboxylic acids is 1. The molecule has 0 saturated heterocycles. The molecule has 4 N–H and O–H groups in total. The second-order valence-electron chi connectivity index (χ2n) is 13.0. The molecule has 4 aromatic carbocycles. The van der Waals surface area contributed by atoms with Crippen LogP contribution in [0, 0.1) is 5.41 Å². The molecule has 4 rings (SSSR count). The first kappa shape index (κ1) is 38.4. The largest absolute Gasteiger partial charge is 0.481 e. The smallest absolute Gasteiger partial charge is 0.303 e. The van der Waals surface area contributed by atoms with E-state index in [0.29, 0.717) is 12.3 Å². The number of carboxylic acids is 1. The van der Waals surface area contributed by atoms with Crippen molar-refractivity contribution in [3.05, 3.63) is 144 Å². The number of carbonyl (C=O) groups is 3. The van der Waals surface area contributed by atoms with Crippen molar-refractivity contribution in [2.45, 2.75) is 50.7 Å². The Morgan fingerprint density at radius 2 is 1.22 bits per heavy atom. The number of rotatable bonds is 20. The Balaban J connectivity index is 1.25. The van der Waals surface area contributed by atoms with Gasteiger partial charge in [-0.3, -0.25) is 14.4 Å². The SMILES string of the molecule is CC(C)(COC(c1ccccc1)(c1ccccc1)c1ccccc1)C(O)C(=O)NCCC(=O)NCCSCCC(CC(=O)O)c1ccccc1. The van der Waals surface area contributed by atoms with Gasteiger partial charge >= 0.3 is 5.97 Å². The molecule has 8 nitrogen and oxygen atoms in total. The lowest BCUT2D eigenvalue weighted by molar-refractivity contribution is -0.141. The summed E-state index contributed by atoms with van der Waals surface area (Å²) >= 11 is 1.66. The average molecular weight is 697 g/mol. The second kappa shape index (κ2) is 19.1. The molecular weight excluding hydrogens is 649 g/mol. The van der Waals surface area contributed by atoms with Crippen molar-refractivity contribution < 1.29 is 29.3 Å². The number of amides is 2. The van der Waals surface area contributed by atoms with Crippen molar-refractivity contribution in [2.24, 2.45) is 5.41 Å². The lowest BCUT2D eigenvalue weighted by Crippen LogP contribution is -2.48. The van der Waals surface area contributed by atoms with Crippen LogP contribution < -0.4 is 10.6 Å². The molecule has 264 valence electrons. The van der Waals surface area contributed by atoms with Gasteiger partial charge in [-0.25, -0.2) is 0 Å².